The van der Waals surface area contributed by atoms with E-state index < -0.39 is 0 Å². The molecule has 30 heavy (non-hydrogen) atoms. The molecule has 3 N–H and O–H groups in total. The molecular formula is C20H20Cl2N6OS. The Morgan fingerprint density at radius 3 is 2.40 bits per heavy atom. The molecule has 0 aliphatic rings. The number of carbonyl (C=O) groups is 1. The summed E-state index contributed by atoms with van der Waals surface area (Å²) in [5.41, 5.74) is 1.68. The molecular weight excluding hydrogens is 443 g/mol. The second kappa shape index (κ2) is 11.0. The van der Waals surface area contributed by atoms with Crippen LogP contribution in [0, 0.1) is 0 Å². The van der Waals surface area contributed by atoms with Crippen LogP contribution in [0.3, 0.4) is 0 Å². The highest BCUT2D eigenvalue weighted by molar-refractivity contribution is 7.99. The summed E-state index contributed by atoms with van der Waals surface area (Å²) in [6, 6.07) is 14.9. The molecule has 0 atom stereocenters. The molecule has 156 valence electrons. The first kappa shape index (κ1) is 22.1. The highest BCUT2D eigenvalue weighted by Gasteiger charge is 2.10. The standard InChI is InChI=1S/C20H20Cl2N6OS/c1-2-23-18-26-19(24-11-13-6-4-3-5-7-13)28-20(27-18)30-12-17(29)25-14-8-9-15(21)16(22)10-14/h3-10H,2,11-12H2,1H3,(H,25,29)(H2,23,24,26,27,28). The Kier molecular flexibility index (Phi) is 8.12. The Morgan fingerprint density at radius 1 is 0.967 bits per heavy atom. The summed E-state index contributed by atoms with van der Waals surface area (Å²) in [6.07, 6.45) is 0. The number of thioether (sulfide) groups is 1. The molecule has 0 spiro atoms. The molecule has 0 aliphatic heterocycles. The zero-order valence-electron chi connectivity index (χ0n) is 16.2. The van der Waals surface area contributed by atoms with Crippen LogP contribution in [-0.4, -0.2) is 33.2 Å². The highest BCUT2D eigenvalue weighted by Crippen LogP contribution is 2.25. The van der Waals surface area contributed by atoms with Crippen molar-refractivity contribution in [2.75, 3.05) is 28.2 Å². The molecule has 1 amide bonds. The van der Waals surface area contributed by atoms with Crippen molar-refractivity contribution in [1.82, 2.24) is 15.0 Å². The molecule has 0 saturated carbocycles. The number of anilines is 3. The predicted molar refractivity (Wildman–Crippen MR) is 124 cm³/mol. The normalized spacial score (nSPS) is 10.5. The van der Waals surface area contributed by atoms with Crippen LogP contribution in [0.2, 0.25) is 10.0 Å². The van der Waals surface area contributed by atoms with E-state index in [4.69, 9.17) is 23.2 Å². The minimum Gasteiger partial charge on any atom is -0.354 e. The van der Waals surface area contributed by atoms with Gasteiger partial charge in [-0.3, -0.25) is 4.79 Å². The van der Waals surface area contributed by atoms with E-state index in [1.807, 2.05) is 37.3 Å². The molecule has 0 saturated heterocycles. The molecule has 7 nitrogen and oxygen atoms in total. The zero-order chi connectivity index (χ0) is 21.3. The van der Waals surface area contributed by atoms with Gasteiger partial charge < -0.3 is 16.0 Å². The number of nitrogens with zero attached hydrogens (tertiary/aromatic N) is 3. The van der Waals surface area contributed by atoms with Crippen molar-refractivity contribution in [3.63, 3.8) is 0 Å². The molecule has 1 aromatic heterocycles. The van der Waals surface area contributed by atoms with Crippen LogP contribution in [0.5, 0.6) is 0 Å². The second-order valence-electron chi connectivity index (χ2n) is 6.10. The Hall–Kier alpha value is -2.55. The second-order valence-corrected chi connectivity index (χ2v) is 7.86. The lowest BCUT2D eigenvalue weighted by atomic mass is 10.2. The summed E-state index contributed by atoms with van der Waals surface area (Å²) < 4.78 is 0. The van der Waals surface area contributed by atoms with E-state index in [1.54, 1.807) is 18.2 Å². The largest absolute Gasteiger partial charge is 0.354 e. The van der Waals surface area contributed by atoms with Gasteiger partial charge in [-0.05, 0) is 30.7 Å². The summed E-state index contributed by atoms with van der Waals surface area (Å²) in [6.45, 7) is 3.21. The van der Waals surface area contributed by atoms with Crippen LogP contribution < -0.4 is 16.0 Å². The first-order valence-corrected chi connectivity index (χ1v) is 10.9. The van der Waals surface area contributed by atoms with Gasteiger partial charge in [-0.15, -0.1) is 0 Å². The van der Waals surface area contributed by atoms with Crippen molar-refractivity contribution < 1.29 is 4.79 Å². The molecule has 0 fully saturated rings. The van der Waals surface area contributed by atoms with Crippen molar-refractivity contribution in [1.29, 1.82) is 0 Å². The van der Waals surface area contributed by atoms with E-state index in [-0.39, 0.29) is 11.7 Å². The van der Waals surface area contributed by atoms with E-state index in [0.29, 0.717) is 45.9 Å². The van der Waals surface area contributed by atoms with Gasteiger partial charge in [-0.1, -0.05) is 65.3 Å². The smallest absolute Gasteiger partial charge is 0.234 e. The number of amides is 1. The lowest BCUT2D eigenvalue weighted by Crippen LogP contribution is -2.15. The molecule has 0 radical (unpaired) electrons. The van der Waals surface area contributed by atoms with Gasteiger partial charge in [0.25, 0.3) is 0 Å². The molecule has 0 aliphatic carbocycles. The SMILES string of the molecule is CCNc1nc(NCc2ccccc2)nc(SCC(=O)Nc2ccc(Cl)c(Cl)c2)n1. The number of rotatable bonds is 9. The molecule has 2 aromatic carbocycles. The predicted octanol–water partition coefficient (Wildman–Crippen LogP) is 4.95. The number of carbonyl (C=O) groups excluding carboxylic acids is 1. The van der Waals surface area contributed by atoms with E-state index in [2.05, 4.69) is 30.9 Å². The minimum absolute atomic E-state index is 0.133. The van der Waals surface area contributed by atoms with Gasteiger partial charge in [0.2, 0.25) is 17.8 Å². The Morgan fingerprint density at radius 2 is 1.70 bits per heavy atom. The van der Waals surface area contributed by atoms with Crippen molar-refractivity contribution in [3.8, 4) is 0 Å². The summed E-state index contributed by atoms with van der Waals surface area (Å²) in [4.78, 5) is 25.4. The zero-order valence-corrected chi connectivity index (χ0v) is 18.5. The molecule has 3 rings (SSSR count). The van der Waals surface area contributed by atoms with Crippen molar-refractivity contribution >= 4 is 58.5 Å². The number of hydrogen-bond donors (Lipinski definition) is 3. The number of aromatic nitrogens is 3. The number of nitrogens with one attached hydrogen (secondary N) is 3. The maximum absolute atomic E-state index is 12.3. The molecule has 0 unspecified atom stereocenters. The minimum atomic E-state index is -0.206. The number of hydrogen-bond acceptors (Lipinski definition) is 7. The van der Waals surface area contributed by atoms with Crippen LogP contribution in [0.1, 0.15) is 12.5 Å². The summed E-state index contributed by atoms with van der Waals surface area (Å²) in [7, 11) is 0. The van der Waals surface area contributed by atoms with Crippen LogP contribution in [-0.2, 0) is 11.3 Å². The number of halogens is 2. The summed E-state index contributed by atoms with van der Waals surface area (Å²) in [5, 5.41) is 10.3. The summed E-state index contributed by atoms with van der Waals surface area (Å²) in [5.74, 6) is 0.823. The Labute approximate surface area is 189 Å². The van der Waals surface area contributed by atoms with Crippen molar-refractivity contribution in [3.05, 3.63) is 64.1 Å². The van der Waals surface area contributed by atoms with Crippen LogP contribution in [0.15, 0.2) is 53.7 Å². The van der Waals surface area contributed by atoms with Gasteiger partial charge in [0, 0.05) is 18.8 Å². The lowest BCUT2D eigenvalue weighted by molar-refractivity contribution is -0.113. The van der Waals surface area contributed by atoms with Gasteiger partial charge in [-0.2, -0.15) is 15.0 Å². The molecule has 10 heteroatoms. The lowest BCUT2D eigenvalue weighted by Gasteiger charge is -2.10. The molecule has 1 heterocycles. The van der Waals surface area contributed by atoms with Crippen LogP contribution >= 0.6 is 35.0 Å². The summed E-state index contributed by atoms with van der Waals surface area (Å²) >= 11 is 13.1. The van der Waals surface area contributed by atoms with Crippen LogP contribution in [0.25, 0.3) is 0 Å². The average Bonchev–Trinajstić information content (AvgIpc) is 2.74. The fraction of sp³-hybridized carbons (Fsp3) is 0.200. The average molecular weight is 463 g/mol. The van der Waals surface area contributed by atoms with E-state index in [1.165, 1.54) is 11.8 Å². The quantitative estimate of drug-likeness (QED) is 0.387. The van der Waals surface area contributed by atoms with E-state index in [9.17, 15) is 4.79 Å². The fourth-order valence-corrected chi connectivity index (χ4v) is 3.35. The molecule has 0 bridgehead atoms. The maximum atomic E-state index is 12.3. The monoisotopic (exact) mass is 462 g/mol. The van der Waals surface area contributed by atoms with Crippen molar-refractivity contribution in [2.45, 2.75) is 18.6 Å². The third-order valence-electron chi connectivity index (χ3n) is 3.78. The maximum Gasteiger partial charge on any atom is 0.234 e. The van der Waals surface area contributed by atoms with Gasteiger partial charge in [-0.25, -0.2) is 0 Å². The highest BCUT2D eigenvalue weighted by atomic mass is 35.5. The van der Waals surface area contributed by atoms with Gasteiger partial charge in [0.05, 0.1) is 15.8 Å². The topological polar surface area (TPSA) is 91.8 Å². The van der Waals surface area contributed by atoms with Crippen molar-refractivity contribution in [2.24, 2.45) is 0 Å². The van der Waals surface area contributed by atoms with E-state index in [0.717, 1.165) is 5.56 Å². The van der Waals surface area contributed by atoms with Gasteiger partial charge in [0.15, 0.2) is 5.16 Å². The third kappa shape index (κ3) is 6.76. The third-order valence-corrected chi connectivity index (χ3v) is 5.37. The first-order valence-electron chi connectivity index (χ1n) is 9.19. The van der Waals surface area contributed by atoms with Gasteiger partial charge in [0.1, 0.15) is 0 Å². The van der Waals surface area contributed by atoms with Crippen LogP contribution in [0.4, 0.5) is 17.6 Å². The Bertz CT molecular complexity index is 1010. The first-order chi connectivity index (χ1) is 14.5. The van der Waals surface area contributed by atoms with Gasteiger partial charge >= 0.3 is 0 Å². The Balaban J connectivity index is 1.62. The van der Waals surface area contributed by atoms with E-state index >= 15 is 0 Å². The fourth-order valence-electron chi connectivity index (χ4n) is 2.42. The number of benzene rings is 2. The molecule has 3 aromatic rings.